The zero-order chi connectivity index (χ0) is 22.8. The monoisotopic (exact) mass is 445 g/mol. The number of amides is 2. The average molecular weight is 445 g/mol. The minimum absolute atomic E-state index is 0.0333. The number of rotatable bonds is 6. The van der Waals surface area contributed by atoms with Crippen LogP contribution in [0.4, 0.5) is 5.82 Å². The number of fused-ring (bicyclic) bond motifs is 1. The third-order valence-electron chi connectivity index (χ3n) is 5.55. The fraction of sp³-hybridized carbons (Fsp3) is 0.273. The van der Waals surface area contributed by atoms with E-state index >= 15 is 0 Å². The van der Waals surface area contributed by atoms with E-state index < -0.39 is 11.9 Å². The summed E-state index contributed by atoms with van der Waals surface area (Å²) in [4.78, 5) is 35.5. The molecule has 11 heteroatoms. The number of benzene rings is 1. The number of hydrogen-bond donors (Lipinski definition) is 1. The molecule has 1 aliphatic rings. The largest absolute Gasteiger partial charge is 0.337 e. The van der Waals surface area contributed by atoms with Crippen LogP contribution in [0.25, 0.3) is 0 Å². The summed E-state index contributed by atoms with van der Waals surface area (Å²) >= 11 is 0. The number of imidazole rings is 1. The second-order valence-electron chi connectivity index (χ2n) is 7.92. The molecule has 5 rings (SSSR count). The smallest absolute Gasteiger partial charge is 0.291 e. The molecule has 1 atom stereocenters. The molecule has 0 unspecified atom stereocenters. The van der Waals surface area contributed by atoms with Gasteiger partial charge in [-0.25, -0.2) is 19.3 Å². The Balaban J connectivity index is 1.24. The predicted octanol–water partition coefficient (Wildman–Crippen LogP) is 0.933. The zero-order valence-corrected chi connectivity index (χ0v) is 18.1. The molecule has 1 aliphatic heterocycles. The molecule has 4 heterocycles. The topological polar surface area (TPSA) is 116 Å². The van der Waals surface area contributed by atoms with Gasteiger partial charge in [0.2, 0.25) is 5.82 Å². The number of aromatic nitrogens is 7. The minimum Gasteiger partial charge on any atom is -0.337 e. The highest BCUT2D eigenvalue weighted by atomic mass is 16.2. The summed E-state index contributed by atoms with van der Waals surface area (Å²) in [5, 5.41) is 11.7. The van der Waals surface area contributed by atoms with Crippen molar-refractivity contribution < 1.29 is 9.59 Å². The summed E-state index contributed by atoms with van der Waals surface area (Å²) < 4.78 is 5.31. The van der Waals surface area contributed by atoms with Crippen LogP contribution in [0.2, 0.25) is 0 Å². The molecular formula is C22H23N9O2. The van der Waals surface area contributed by atoms with Crippen LogP contribution in [0.3, 0.4) is 0 Å². The quantitative estimate of drug-likeness (QED) is 0.472. The second kappa shape index (κ2) is 8.69. The SMILES string of the molecule is CN1C(=O)[C@@H](NC(=O)c2ncn(Cc3ccccc3)n2)CCn2nc(Cn3ccnc3)cc21. The molecule has 0 saturated carbocycles. The highest BCUT2D eigenvalue weighted by Crippen LogP contribution is 2.22. The molecule has 1 aromatic carbocycles. The lowest BCUT2D eigenvalue weighted by molar-refractivity contribution is -0.120. The number of likely N-dealkylation sites (N-methyl/N-ethyl adjacent to an activating group) is 1. The van der Waals surface area contributed by atoms with Crippen molar-refractivity contribution in [2.75, 3.05) is 11.9 Å². The zero-order valence-electron chi connectivity index (χ0n) is 18.1. The molecule has 33 heavy (non-hydrogen) atoms. The summed E-state index contributed by atoms with van der Waals surface area (Å²) in [7, 11) is 1.69. The molecule has 1 N–H and O–H groups in total. The Bertz CT molecular complexity index is 1260. The molecule has 0 aliphatic carbocycles. The van der Waals surface area contributed by atoms with E-state index in [1.54, 1.807) is 28.9 Å². The number of carbonyl (C=O) groups excluding carboxylic acids is 2. The van der Waals surface area contributed by atoms with Crippen LogP contribution in [-0.2, 0) is 24.4 Å². The summed E-state index contributed by atoms with van der Waals surface area (Å²) in [6.45, 7) is 1.57. The van der Waals surface area contributed by atoms with Crippen molar-refractivity contribution >= 4 is 17.6 Å². The van der Waals surface area contributed by atoms with Crippen LogP contribution in [0.1, 0.15) is 28.3 Å². The minimum atomic E-state index is -0.692. The van der Waals surface area contributed by atoms with Crippen LogP contribution >= 0.6 is 0 Å². The standard InChI is InChI=1S/C22H23N9O2/c1-28-19-11-17(13-29-10-8-23-14-29)26-31(19)9-7-18(22(28)33)25-21(32)20-24-15-30(27-20)12-16-5-3-2-4-6-16/h2-6,8,10-11,14-15,18H,7,9,12-13H2,1H3,(H,25,32)/t18-/m0/s1. The summed E-state index contributed by atoms with van der Waals surface area (Å²) in [6.07, 6.45) is 7.23. The molecule has 11 nitrogen and oxygen atoms in total. The Labute approximate surface area is 189 Å². The van der Waals surface area contributed by atoms with Crippen LogP contribution in [0.5, 0.6) is 0 Å². The second-order valence-corrected chi connectivity index (χ2v) is 7.92. The number of nitrogens with zero attached hydrogens (tertiary/aromatic N) is 8. The Morgan fingerprint density at radius 3 is 2.79 bits per heavy atom. The van der Waals surface area contributed by atoms with Gasteiger partial charge in [-0.05, 0) is 12.0 Å². The normalized spacial score (nSPS) is 15.8. The Morgan fingerprint density at radius 1 is 1.15 bits per heavy atom. The highest BCUT2D eigenvalue weighted by Gasteiger charge is 2.31. The van der Waals surface area contributed by atoms with Gasteiger partial charge in [0.15, 0.2) is 0 Å². The van der Waals surface area contributed by atoms with Crippen molar-refractivity contribution in [3.63, 3.8) is 0 Å². The first-order valence-electron chi connectivity index (χ1n) is 10.6. The van der Waals surface area contributed by atoms with Crippen molar-refractivity contribution in [2.45, 2.75) is 32.1 Å². The lowest BCUT2D eigenvalue weighted by Crippen LogP contribution is -2.47. The third kappa shape index (κ3) is 4.38. The third-order valence-corrected chi connectivity index (χ3v) is 5.55. The van der Waals surface area contributed by atoms with Crippen LogP contribution in [0.15, 0.2) is 61.4 Å². The molecule has 2 amide bonds. The number of aryl methyl sites for hydroxylation is 1. The van der Waals surface area contributed by atoms with Gasteiger partial charge in [-0.15, -0.1) is 5.10 Å². The van der Waals surface area contributed by atoms with Crippen LogP contribution < -0.4 is 10.2 Å². The van der Waals surface area contributed by atoms with E-state index in [0.717, 1.165) is 11.3 Å². The van der Waals surface area contributed by atoms with Gasteiger partial charge in [-0.2, -0.15) is 5.10 Å². The van der Waals surface area contributed by atoms with Crippen LogP contribution in [-0.4, -0.2) is 59.0 Å². The van der Waals surface area contributed by atoms with E-state index in [9.17, 15) is 9.59 Å². The number of hydrogen-bond acceptors (Lipinski definition) is 6. The Hall–Kier alpha value is -4.28. The summed E-state index contributed by atoms with van der Waals surface area (Å²) in [6, 6.07) is 11.0. The molecule has 0 bridgehead atoms. The maximum Gasteiger partial charge on any atom is 0.291 e. The molecular weight excluding hydrogens is 422 g/mol. The van der Waals surface area contributed by atoms with E-state index in [4.69, 9.17) is 0 Å². The van der Waals surface area contributed by atoms with E-state index in [2.05, 4.69) is 25.5 Å². The van der Waals surface area contributed by atoms with Crippen molar-refractivity contribution in [2.24, 2.45) is 0 Å². The van der Waals surface area contributed by atoms with Gasteiger partial charge in [0.1, 0.15) is 18.2 Å². The average Bonchev–Trinajstić information content (AvgIpc) is 3.57. The first-order valence-corrected chi connectivity index (χ1v) is 10.6. The van der Waals surface area contributed by atoms with Gasteiger partial charge in [-0.1, -0.05) is 30.3 Å². The maximum atomic E-state index is 13.1. The van der Waals surface area contributed by atoms with Gasteiger partial charge < -0.3 is 9.88 Å². The van der Waals surface area contributed by atoms with Crippen molar-refractivity contribution in [1.29, 1.82) is 0 Å². The first kappa shape index (κ1) is 20.6. The van der Waals surface area contributed by atoms with Gasteiger partial charge in [0.05, 0.1) is 25.1 Å². The lowest BCUT2D eigenvalue weighted by Gasteiger charge is -2.19. The van der Waals surface area contributed by atoms with Gasteiger partial charge >= 0.3 is 0 Å². The van der Waals surface area contributed by atoms with Crippen molar-refractivity contribution in [1.82, 2.24) is 39.4 Å². The molecule has 0 fully saturated rings. The number of anilines is 1. The Morgan fingerprint density at radius 2 is 2.00 bits per heavy atom. The van der Waals surface area contributed by atoms with E-state index in [-0.39, 0.29) is 11.7 Å². The highest BCUT2D eigenvalue weighted by molar-refractivity contribution is 6.00. The Kier molecular flexibility index (Phi) is 5.43. The summed E-state index contributed by atoms with van der Waals surface area (Å²) in [5.74, 6) is 0.0388. The molecule has 168 valence electrons. The fourth-order valence-corrected chi connectivity index (χ4v) is 3.86. The van der Waals surface area contributed by atoms with Crippen molar-refractivity contribution in [3.8, 4) is 0 Å². The molecule has 0 saturated heterocycles. The summed E-state index contributed by atoms with van der Waals surface area (Å²) in [5.41, 5.74) is 1.88. The first-order chi connectivity index (χ1) is 16.1. The van der Waals surface area contributed by atoms with Gasteiger partial charge in [-0.3, -0.25) is 14.5 Å². The van der Waals surface area contributed by atoms with Gasteiger partial charge in [0, 0.05) is 32.1 Å². The van der Waals surface area contributed by atoms with E-state index in [1.165, 1.54) is 11.2 Å². The maximum absolute atomic E-state index is 13.1. The molecule has 4 aromatic rings. The predicted molar refractivity (Wildman–Crippen MR) is 118 cm³/mol. The molecule has 0 spiro atoms. The number of nitrogens with one attached hydrogen (secondary N) is 1. The van der Waals surface area contributed by atoms with Crippen LogP contribution in [0, 0.1) is 0 Å². The van der Waals surface area contributed by atoms with E-state index in [1.807, 2.05) is 47.2 Å². The van der Waals surface area contributed by atoms with E-state index in [0.29, 0.717) is 31.9 Å². The van der Waals surface area contributed by atoms with Gasteiger partial charge in [0.25, 0.3) is 11.8 Å². The number of carbonyl (C=O) groups is 2. The van der Waals surface area contributed by atoms with Crippen molar-refractivity contribution in [3.05, 3.63) is 78.5 Å². The molecule has 3 aromatic heterocycles. The fourth-order valence-electron chi connectivity index (χ4n) is 3.86. The lowest BCUT2D eigenvalue weighted by atomic mass is 10.2. The molecule has 0 radical (unpaired) electrons.